The van der Waals surface area contributed by atoms with Crippen molar-refractivity contribution in [3.63, 3.8) is 0 Å². The van der Waals surface area contributed by atoms with Crippen molar-refractivity contribution in [2.24, 2.45) is 23.4 Å². The molecule has 2 saturated carbocycles. The maximum atomic E-state index is 13.9. The van der Waals surface area contributed by atoms with E-state index in [9.17, 15) is 17.2 Å². The van der Waals surface area contributed by atoms with Crippen molar-refractivity contribution in [1.82, 2.24) is 19.5 Å². The molecule has 38 heavy (non-hydrogen) atoms. The van der Waals surface area contributed by atoms with E-state index >= 15 is 0 Å². The zero-order chi connectivity index (χ0) is 27.4. The highest BCUT2D eigenvalue weighted by molar-refractivity contribution is 7.91. The number of pyridine rings is 2. The van der Waals surface area contributed by atoms with Crippen molar-refractivity contribution < 1.29 is 21.9 Å². The fraction of sp³-hybridized carbons (Fsp3) is 0.538. The number of fused-ring (bicyclic) bond motifs is 3. The molecule has 2 aliphatic carbocycles. The summed E-state index contributed by atoms with van der Waals surface area (Å²) in [7, 11) is -2.02. The van der Waals surface area contributed by atoms with Crippen LogP contribution in [0.5, 0.6) is 5.88 Å². The van der Waals surface area contributed by atoms with Crippen LogP contribution in [0.15, 0.2) is 29.1 Å². The third kappa shape index (κ3) is 5.15. The van der Waals surface area contributed by atoms with Crippen molar-refractivity contribution in [2.45, 2.75) is 62.8 Å². The molecule has 0 bridgehead atoms. The standard InChI is InChI=1S/C26H34F2N6O3S/c1-15(29)23(33(2)30)18-10-19-22(31-11-18)21-24(34(19)13-16-6-8-26(27,28)9-7-16)20(38(3,35)36)12-32-25(21)37-14-17-4-5-17/h10-12,16-17H,4-9,13-14,29-30H2,1-3H3/b23-15-. The number of hydrogen-bond acceptors (Lipinski definition) is 8. The highest BCUT2D eigenvalue weighted by Gasteiger charge is 2.36. The number of sulfone groups is 1. The van der Waals surface area contributed by atoms with Crippen molar-refractivity contribution in [3.8, 4) is 5.88 Å². The Morgan fingerprint density at radius 2 is 1.87 bits per heavy atom. The first-order chi connectivity index (χ1) is 17.9. The number of alkyl halides is 2. The van der Waals surface area contributed by atoms with Crippen molar-refractivity contribution in [3.05, 3.63) is 29.7 Å². The van der Waals surface area contributed by atoms with Crippen LogP contribution in [0.1, 0.15) is 51.0 Å². The molecule has 4 N–H and O–H groups in total. The number of allylic oxidation sites excluding steroid dienone is 1. The lowest BCUT2D eigenvalue weighted by molar-refractivity contribution is -0.0471. The molecule has 12 heteroatoms. The highest BCUT2D eigenvalue weighted by Crippen LogP contribution is 2.42. The molecular formula is C26H34F2N6O3S. The van der Waals surface area contributed by atoms with Crippen molar-refractivity contribution in [1.29, 1.82) is 0 Å². The predicted octanol–water partition coefficient (Wildman–Crippen LogP) is 4.06. The van der Waals surface area contributed by atoms with Gasteiger partial charge in [0.2, 0.25) is 11.8 Å². The van der Waals surface area contributed by atoms with Gasteiger partial charge in [-0.05, 0) is 50.5 Å². The molecule has 5 rings (SSSR count). The maximum absolute atomic E-state index is 13.9. The smallest absolute Gasteiger partial charge is 0.248 e. The van der Waals surface area contributed by atoms with E-state index in [4.69, 9.17) is 21.3 Å². The molecule has 0 aromatic carbocycles. The van der Waals surface area contributed by atoms with Gasteiger partial charge in [0.15, 0.2) is 9.84 Å². The van der Waals surface area contributed by atoms with E-state index in [-0.39, 0.29) is 23.7 Å². The minimum atomic E-state index is -3.69. The van der Waals surface area contributed by atoms with E-state index in [0.29, 0.717) is 76.7 Å². The number of hydrazine groups is 1. The van der Waals surface area contributed by atoms with Crippen LogP contribution in [-0.2, 0) is 16.4 Å². The van der Waals surface area contributed by atoms with E-state index < -0.39 is 15.8 Å². The van der Waals surface area contributed by atoms with E-state index in [1.807, 2.05) is 10.6 Å². The predicted molar refractivity (Wildman–Crippen MR) is 142 cm³/mol. The normalized spacial score (nSPS) is 19.1. The molecule has 0 atom stereocenters. The van der Waals surface area contributed by atoms with E-state index in [0.717, 1.165) is 19.1 Å². The first-order valence-electron chi connectivity index (χ1n) is 12.8. The maximum Gasteiger partial charge on any atom is 0.248 e. The van der Waals surface area contributed by atoms with Crippen LogP contribution in [0.2, 0.25) is 0 Å². The van der Waals surface area contributed by atoms with Crippen molar-refractivity contribution >= 4 is 37.5 Å². The topological polar surface area (TPSA) is 129 Å². The van der Waals surface area contributed by atoms with Gasteiger partial charge in [0.25, 0.3) is 0 Å². The molecule has 206 valence electrons. The number of rotatable bonds is 8. The number of halogens is 2. The Morgan fingerprint density at radius 3 is 2.45 bits per heavy atom. The molecule has 0 saturated heterocycles. The van der Waals surface area contributed by atoms with Crippen LogP contribution in [0.3, 0.4) is 0 Å². The molecule has 0 radical (unpaired) electrons. The second-order valence-corrected chi connectivity index (χ2v) is 12.8. The Balaban J connectivity index is 1.77. The minimum absolute atomic E-state index is 0.0497. The van der Waals surface area contributed by atoms with Gasteiger partial charge in [-0.2, -0.15) is 0 Å². The molecule has 3 aromatic heterocycles. The number of hydrogen-bond donors (Lipinski definition) is 2. The zero-order valence-corrected chi connectivity index (χ0v) is 22.7. The summed E-state index contributed by atoms with van der Waals surface area (Å²) in [5, 5.41) is 1.91. The summed E-state index contributed by atoms with van der Waals surface area (Å²) in [5.74, 6) is 4.11. The average Bonchev–Trinajstić information content (AvgIpc) is 3.60. The average molecular weight is 549 g/mol. The molecular weight excluding hydrogens is 514 g/mol. The summed E-state index contributed by atoms with van der Waals surface area (Å²) in [5.41, 5.74) is 9.43. The SMILES string of the molecule is C/C(N)=C(\c1cnc2c3c(OCC4CC4)ncc(S(C)(=O)=O)c3n(CC3CCC(F)(F)CC3)c2c1)N(C)N. The van der Waals surface area contributed by atoms with E-state index in [1.165, 1.54) is 11.2 Å². The van der Waals surface area contributed by atoms with Gasteiger partial charge in [0.1, 0.15) is 10.4 Å². The van der Waals surface area contributed by atoms with Gasteiger partial charge in [-0.25, -0.2) is 28.0 Å². The summed E-state index contributed by atoms with van der Waals surface area (Å²) < 4.78 is 61.7. The van der Waals surface area contributed by atoms with Gasteiger partial charge in [-0.3, -0.25) is 4.98 Å². The molecule has 0 unspecified atom stereocenters. The summed E-state index contributed by atoms with van der Waals surface area (Å²) in [6, 6.07) is 1.87. The molecule has 0 aliphatic heterocycles. The van der Waals surface area contributed by atoms with Crippen LogP contribution in [-0.4, -0.2) is 53.8 Å². The Kier molecular flexibility index (Phi) is 6.75. The third-order valence-corrected chi connectivity index (χ3v) is 8.58. The molecule has 0 spiro atoms. The highest BCUT2D eigenvalue weighted by atomic mass is 32.2. The lowest BCUT2D eigenvalue weighted by Gasteiger charge is -2.29. The first kappa shape index (κ1) is 26.6. The second-order valence-electron chi connectivity index (χ2n) is 10.8. The van der Waals surface area contributed by atoms with E-state index in [2.05, 4.69) is 4.98 Å². The van der Waals surface area contributed by atoms with Gasteiger partial charge >= 0.3 is 0 Å². The summed E-state index contributed by atoms with van der Waals surface area (Å²) in [6.45, 7) is 2.57. The van der Waals surface area contributed by atoms with Crippen LogP contribution in [0.4, 0.5) is 8.78 Å². The van der Waals surface area contributed by atoms with Crippen molar-refractivity contribution in [2.75, 3.05) is 19.9 Å². The second kappa shape index (κ2) is 9.64. The lowest BCUT2D eigenvalue weighted by Crippen LogP contribution is -2.27. The van der Waals surface area contributed by atoms with Gasteiger partial charge in [-0.15, -0.1) is 0 Å². The Hall–Kier alpha value is -2.99. The molecule has 3 aromatic rings. The van der Waals surface area contributed by atoms with Gasteiger partial charge in [0, 0.05) is 50.1 Å². The Labute approximate surface area is 220 Å². The third-order valence-electron chi connectivity index (χ3n) is 7.48. The first-order valence-corrected chi connectivity index (χ1v) is 14.7. The fourth-order valence-electron chi connectivity index (χ4n) is 5.35. The van der Waals surface area contributed by atoms with Crippen LogP contribution >= 0.6 is 0 Å². The molecule has 0 amide bonds. The van der Waals surface area contributed by atoms with Crippen LogP contribution in [0, 0.1) is 11.8 Å². The fourth-order valence-corrected chi connectivity index (χ4v) is 6.16. The summed E-state index contributed by atoms with van der Waals surface area (Å²) in [4.78, 5) is 9.19. The summed E-state index contributed by atoms with van der Waals surface area (Å²) >= 11 is 0. The van der Waals surface area contributed by atoms with Gasteiger partial charge < -0.3 is 20.0 Å². The lowest BCUT2D eigenvalue weighted by atomic mass is 9.86. The Morgan fingerprint density at radius 1 is 1.18 bits per heavy atom. The molecule has 2 aliphatic rings. The van der Waals surface area contributed by atoms with Gasteiger partial charge in [-0.1, -0.05) is 0 Å². The Bertz CT molecular complexity index is 1510. The number of nitrogens with two attached hydrogens (primary N) is 2. The molecule has 3 heterocycles. The van der Waals surface area contributed by atoms with Gasteiger partial charge in [0.05, 0.1) is 34.9 Å². The quantitative estimate of drug-likeness (QED) is 0.319. The largest absolute Gasteiger partial charge is 0.477 e. The number of aromatic nitrogens is 3. The van der Waals surface area contributed by atoms with Crippen LogP contribution in [0.25, 0.3) is 27.6 Å². The number of nitrogens with zero attached hydrogens (tertiary/aromatic N) is 4. The van der Waals surface area contributed by atoms with E-state index in [1.54, 1.807) is 20.2 Å². The zero-order valence-electron chi connectivity index (χ0n) is 21.9. The number of ether oxygens (including phenoxy) is 1. The molecule has 9 nitrogen and oxygen atoms in total. The molecule has 2 fully saturated rings. The van der Waals surface area contributed by atoms with Crippen LogP contribution < -0.4 is 16.3 Å². The minimum Gasteiger partial charge on any atom is -0.477 e. The monoisotopic (exact) mass is 548 g/mol. The summed E-state index contributed by atoms with van der Waals surface area (Å²) in [6.07, 6.45) is 6.57.